The number of pyridine rings is 1. The van der Waals surface area contributed by atoms with Crippen LogP contribution in [-0.4, -0.2) is 56.5 Å². The first-order chi connectivity index (χ1) is 15.5. The highest BCUT2D eigenvalue weighted by atomic mass is 35.5. The lowest BCUT2D eigenvalue weighted by atomic mass is 10.0. The van der Waals surface area contributed by atoms with Crippen LogP contribution in [0.2, 0.25) is 5.02 Å². The van der Waals surface area contributed by atoms with Crippen LogP contribution >= 0.6 is 11.6 Å². The lowest BCUT2D eigenvalue weighted by molar-refractivity contribution is -0.215. The Bertz CT molecular complexity index is 1140. The molecule has 0 unspecified atom stereocenters. The molecule has 3 heterocycles. The lowest BCUT2D eigenvalue weighted by Crippen LogP contribution is -2.45. The number of amides is 1. The zero-order valence-corrected chi connectivity index (χ0v) is 19.2. The van der Waals surface area contributed by atoms with Crippen LogP contribution in [0.1, 0.15) is 38.1 Å². The van der Waals surface area contributed by atoms with Crippen LogP contribution in [-0.2, 0) is 4.74 Å². The molecule has 1 atom stereocenters. The number of ether oxygens (including phenoxy) is 1. The highest BCUT2D eigenvalue weighted by molar-refractivity contribution is 6.30. The number of imidazole rings is 1. The highest BCUT2D eigenvalue weighted by Gasteiger charge is 2.34. The van der Waals surface area contributed by atoms with Crippen molar-refractivity contribution >= 4 is 28.8 Å². The van der Waals surface area contributed by atoms with Gasteiger partial charge in [0.15, 0.2) is 5.65 Å². The molecule has 178 valence electrons. The normalized spacial score (nSPS) is 13.0. The molecule has 0 aromatic carbocycles. The van der Waals surface area contributed by atoms with Crippen molar-refractivity contribution in [3.05, 3.63) is 41.3 Å². The number of halogens is 4. The van der Waals surface area contributed by atoms with E-state index >= 15 is 0 Å². The number of rotatable bonds is 9. The Hall–Kier alpha value is -2.92. The number of alkyl halides is 3. The van der Waals surface area contributed by atoms with Crippen molar-refractivity contribution < 1.29 is 22.7 Å². The Morgan fingerprint density at radius 2 is 1.91 bits per heavy atom. The molecular formula is C21H24ClF3N6O2. The van der Waals surface area contributed by atoms with Gasteiger partial charge in [0.05, 0.1) is 40.9 Å². The average Bonchev–Trinajstić information content (AvgIpc) is 3.13. The van der Waals surface area contributed by atoms with Crippen LogP contribution in [0.5, 0.6) is 0 Å². The van der Waals surface area contributed by atoms with E-state index in [4.69, 9.17) is 11.6 Å². The molecule has 3 rings (SSSR count). The van der Waals surface area contributed by atoms with Crippen molar-refractivity contribution in [2.75, 3.05) is 11.9 Å². The van der Waals surface area contributed by atoms with E-state index in [0.29, 0.717) is 27.7 Å². The molecule has 0 radical (unpaired) electrons. The minimum atomic E-state index is -3.13. The van der Waals surface area contributed by atoms with Gasteiger partial charge in [-0.05, 0) is 33.8 Å². The maximum absolute atomic E-state index is 14.4. The molecule has 0 bridgehead atoms. The second-order valence-electron chi connectivity index (χ2n) is 8.16. The minimum Gasteiger partial charge on any atom is -0.382 e. The molecule has 0 aliphatic heterocycles. The van der Waals surface area contributed by atoms with E-state index in [9.17, 15) is 18.0 Å². The molecule has 0 saturated carbocycles. The number of nitrogens with zero attached hydrogens (tertiary/aromatic N) is 4. The molecular weight excluding hydrogens is 461 g/mol. The summed E-state index contributed by atoms with van der Waals surface area (Å²) >= 11 is 5.96. The third-order valence-corrected chi connectivity index (χ3v) is 4.98. The number of aromatic nitrogens is 4. The fourth-order valence-corrected chi connectivity index (χ4v) is 3.20. The number of hydrogen-bond acceptors (Lipinski definition) is 6. The quantitative estimate of drug-likeness (QED) is 0.469. The van der Waals surface area contributed by atoms with Crippen molar-refractivity contribution in [1.29, 1.82) is 0 Å². The Morgan fingerprint density at radius 3 is 2.58 bits per heavy atom. The van der Waals surface area contributed by atoms with Gasteiger partial charge in [0.2, 0.25) is 0 Å². The summed E-state index contributed by atoms with van der Waals surface area (Å²) in [6.45, 7) is 2.52. The van der Waals surface area contributed by atoms with Gasteiger partial charge in [0.25, 0.3) is 5.91 Å². The predicted octanol–water partition coefficient (Wildman–Crippen LogP) is 4.35. The van der Waals surface area contributed by atoms with Crippen LogP contribution < -0.4 is 10.6 Å². The molecule has 3 aromatic rings. The summed E-state index contributed by atoms with van der Waals surface area (Å²) in [4.78, 5) is 21.4. The first-order valence-electron chi connectivity index (χ1n) is 10.1. The Morgan fingerprint density at radius 1 is 1.18 bits per heavy atom. The number of anilines is 1. The van der Waals surface area contributed by atoms with Crippen molar-refractivity contribution in [3.8, 4) is 11.4 Å². The third kappa shape index (κ3) is 5.91. The van der Waals surface area contributed by atoms with Crippen LogP contribution in [0.4, 0.5) is 18.9 Å². The molecule has 0 aliphatic carbocycles. The smallest absolute Gasteiger partial charge is 0.345 e. The summed E-state index contributed by atoms with van der Waals surface area (Å²) in [6.07, 6.45) is 2.54. The number of fused-ring (bicyclic) bond motifs is 1. The zero-order valence-electron chi connectivity index (χ0n) is 18.4. The van der Waals surface area contributed by atoms with E-state index < -0.39 is 30.8 Å². The number of hydrogen-bond donors (Lipinski definition) is 2. The van der Waals surface area contributed by atoms with Gasteiger partial charge < -0.3 is 15.4 Å². The maximum Gasteiger partial charge on any atom is 0.345 e. The maximum atomic E-state index is 14.4. The molecule has 0 fully saturated rings. The highest BCUT2D eigenvalue weighted by Crippen LogP contribution is 2.26. The van der Waals surface area contributed by atoms with E-state index in [1.165, 1.54) is 26.2 Å². The molecule has 1 amide bonds. The second kappa shape index (κ2) is 9.92. The molecule has 0 aliphatic rings. The molecule has 12 heteroatoms. The summed E-state index contributed by atoms with van der Waals surface area (Å²) in [5.41, 5.74) is 0.442. The van der Waals surface area contributed by atoms with Gasteiger partial charge in [0, 0.05) is 18.3 Å². The van der Waals surface area contributed by atoms with E-state index in [-0.39, 0.29) is 11.6 Å². The summed E-state index contributed by atoms with van der Waals surface area (Å²) in [5, 5.41) is 10.3. The zero-order chi connectivity index (χ0) is 24.3. The summed E-state index contributed by atoms with van der Waals surface area (Å²) in [7, 11) is 0. The standard InChI is InChI=1S/C21H24ClF3N6O2/c1-11(2)30-14-6-15(16-9-27-18-5-12(22)7-29-31(16)18)26-8-13(14)19(32)28-10-17(23)21(3,4)33-20(24)25/h5-9,11,17,20H,10H2,1-4H3,(H,26,30)(H,28,32)/t17-/m1/s1. The van der Waals surface area contributed by atoms with E-state index in [0.717, 1.165) is 0 Å². The van der Waals surface area contributed by atoms with E-state index in [2.05, 4.69) is 30.4 Å². The molecule has 0 saturated heterocycles. The van der Waals surface area contributed by atoms with Gasteiger partial charge >= 0.3 is 6.61 Å². The number of nitrogens with one attached hydrogen (secondary N) is 2. The Kier molecular flexibility index (Phi) is 7.43. The predicted molar refractivity (Wildman–Crippen MR) is 118 cm³/mol. The second-order valence-corrected chi connectivity index (χ2v) is 8.60. The molecule has 0 spiro atoms. The Balaban J connectivity index is 1.85. The van der Waals surface area contributed by atoms with Crippen molar-refractivity contribution in [3.63, 3.8) is 0 Å². The van der Waals surface area contributed by atoms with Crippen LogP contribution in [0.25, 0.3) is 17.0 Å². The van der Waals surface area contributed by atoms with Gasteiger partial charge in [-0.2, -0.15) is 13.9 Å². The summed E-state index contributed by atoms with van der Waals surface area (Å²) in [6, 6.07) is 3.28. The third-order valence-electron chi connectivity index (χ3n) is 4.77. The Labute approximate surface area is 193 Å². The summed E-state index contributed by atoms with van der Waals surface area (Å²) in [5.74, 6) is -0.615. The average molecular weight is 485 g/mol. The van der Waals surface area contributed by atoms with Crippen LogP contribution in [0, 0.1) is 0 Å². The number of carbonyl (C=O) groups excluding carboxylic acids is 1. The van der Waals surface area contributed by atoms with Crippen molar-refractivity contribution in [2.45, 2.75) is 52.1 Å². The number of carbonyl (C=O) groups is 1. The first-order valence-corrected chi connectivity index (χ1v) is 10.5. The largest absolute Gasteiger partial charge is 0.382 e. The van der Waals surface area contributed by atoms with Crippen molar-refractivity contribution in [2.24, 2.45) is 0 Å². The molecule has 8 nitrogen and oxygen atoms in total. The molecule has 2 N–H and O–H groups in total. The van der Waals surface area contributed by atoms with Gasteiger partial charge in [0.1, 0.15) is 17.5 Å². The van der Waals surface area contributed by atoms with Crippen LogP contribution in [0.3, 0.4) is 0 Å². The van der Waals surface area contributed by atoms with Crippen molar-refractivity contribution in [1.82, 2.24) is 24.9 Å². The van der Waals surface area contributed by atoms with Gasteiger partial charge in [-0.3, -0.25) is 9.78 Å². The van der Waals surface area contributed by atoms with Crippen LogP contribution in [0.15, 0.2) is 30.7 Å². The SMILES string of the molecule is CC(C)Nc1cc(-c2cnc3cc(Cl)cnn23)ncc1C(=O)NC[C@@H](F)C(C)(C)OC(F)F. The topological polar surface area (TPSA) is 93.4 Å². The van der Waals surface area contributed by atoms with E-state index in [1.54, 1.807) is 22.8 Å². The molecule has 3 aromatic heterocycles. The fourth-order valence-electron chi connectivity index (χ4n) is 3.06. The first kappa shape index (κ1) is 24.7. The van der Waals surface area contributed by atoms with Gasteiger partial charge in [-0.25, -0.2) is 13.9 Å². The lowest BCUT2D eigenvalue weighted by Gasteiger charge is -2.28. The molecule has 33 heavy (non-hydrogen) atoms. The van der Waals surface area contributed by atoms with Gasteiger partial charge in [-0.1, -0.05) is 11.6 Å². The van der Waals surface area contributed by atoms with Gasteiger partial charge in [-0.15, -0.1) is 0 Å². The van der Waals surface area contributed by atoms with E-state index in [1.807, 2.05) is 13.8 Å². The fraction of sp³-hybridized carbons (Fsp3) is 0.429. The minimum absolute atomic E-state index is 0.0294. The summed E-state index contributed by atoms with van der Waals surface area (Å²) < 4.78 is 45.3. The monoisotopic (exact) mass is 484 g/mol.